The minimum atomic E-state index is -3.74. The Bertz CT molecular complexity index is 1960. The molecule has 1 atom stereocenters. The molecule has 0 amide bonds. The summed E-state index contributed by atoms with van der Waals surface area (Å²) in [5.74, 6) is -0.622. The number of nitrogens with two attached hydrogens (primary N) is 1. The lowest BCUT2D eigenvalue weighted by molar-refractivity contribution is 0.0234. The molecule has 1 unspecified atom stereocenters. The van der Waals surface area contributed by atoms with Gasteiger partial charge in [-0.05, 0) is 77.2 Å². The number of hydrogen-bond acceptors (Lipinski definition) is 8. The van der Waals surface area contributed by atoms with Crippen LogP contribution in [0, 0.1) is 13.8 Å². The van der Waals surface area contributed by atoms with E-state index in [4.69, 9.17) is 20.2 Å². The Morgan fingerprint density at radius 3 is 2.62 bits per heavy atom. The molecule has 10 nitrogen and oxygen atoms in total. The van der Waals surface area contributed by atoms with Crippen molar-refractivity contribution in [1.29, 1.82) is 0 Å². The first-order valence-electron chi connectivity index (χ1n) is 15.0. The zero-order valence-electron chi connectivity index (χ0n) is 25.4. The van der Waals surface area contributed by atoms with Crippen molar-refractivity contribution in [3.8, 4) is 0 Å². The van der Waals surface area contributed by atoms with Crippen LogP contribution in [-0.4, -0.2) is 56.3 Å². The molecule has 11 heteroatoms. The zero-order chi connectivity index (χ0) is 31.6. The molecular weight excluding hydrogens is 590 g/mol. The minimum absolute atomic E-state index is 0.0837. The van der Waals surface area contributed by atoms with E-state index in [0.717, 1.165) is 38.4 Å². The average molecular weight is 628 g/mol. The SMILES string of the molecule is Cc1cccc(C)c1CS(=O)(=O)Nc1cc(Cn2c(C(=O)OCC3COCCN3)cc3ccc(CN)nc32)c2ccccc2c1. The van der Waals surface area contributed by atoms with Crippen molar-refractivity contribution in [1.82, 2.24) is 14.9 Å². The molecule has 4 N–H and O–H groups in total. The monoisotopic (exact) mass is 627 g/mol. The molecule has 0 aliphatic carbocycles. The number of pyridine rings is 1. The number of ether oxygens (including phenoxy) is 2. The highest BCUT2D eigenvalue weighted by molar-refractivity contribution is 7.91. The van der Waals surface area contributed by atoms with Crippen LogP contribution in [0.1, 0.15) is 38.4 Å². The Labute approximate surface area is 262 Å². The summed E-state index contributed by atoms with van der Waals surface area (Å²) in [4.78, 5) is 18.3. The standard InChI is InChI=1S/C34H37N5O5S/c1-22-6-5-7-23(2)31(22)21-45(41,42)38-28-14-24-8-3-4-9-30(24)26(15-28)18-39-32(16-25-10-11-27(17-35)37-33(25)39)34(40)44-20-29-19-43-13-12-36-29/h3-11,14-16,29,36,38H,12-13,17-21,35H2,1-2H3. The molecule has 1 saturated heterocycles. The number of sulfonamides is 1. The van der Waals surface area contributed by atoms with Crippen LogP contribution < -0.4 is 15.8 Å². The van der Waals surface area contributed by atoms with Crippen molar-refractivity contribution < 1.29 is 22.7 Å². The highest BCUT2D eigenvalue weighted by Gasteiger charge is 2.23. The number of benzene rings is 3. The van der Waals surface area contributed by atoms with E-state index >= 15 is 0 Å². The minimum Gasteiger partial charge on any atom is -0.459 e. The molecule has 45 heavy (non-hydrogen) atoms. The number of nitrogens with zero attached hydrogens (tertiary/aromatic N) is 2. The molecule has 0 radical (unpaired) electrons. The number of nitrogens with one attached hydrogen (secondary N) is 2. The van der Waals surface area contributed by atoms with Crippen molar-refractivity contribution in [2.24, 2.45) is 5.73 Å². The van der Waals surface area contributed by atoms with Crippen LogP contribution in [0.2, 0.25) is 0 Å². The summed E-state index contributed by atoms with van der Waals surface area (Å²) in [5, 5.41) is 5.85. The Balaban J connectivity index is 1.37. The second-order valence-electron chi connectivity index (χ2n) is 11.4. The molecule has 1 fully saturated rings. The Morgan fingerprint density at radius 1 is 1.07 bits per heavy atom. The van der Waals surface area contributed by atoms with Gasteiger partial charge >= 0.3 is 5.97 Å². The van der Waals surface area contributed by atoms with Crippen LogP contribution in [0.25, 0.3) is 21.8 Å². The van der Waals surface area contributed by atoms with E-state index in [1.54, 1.807) is 6.07 Å². The number of fused-ring (bicyclic) bond motifs is 2. The summed E-state index contributed by atoms with van der Waals surface area (Å²) < 4.78 is 42.7. The molecule has 0 saturated carbocycles. The van der Waals surface area contributed by atoms with E-state index in [1.165, 1.54) is 0 Å². The van der Waals surface area contributed by atoms with E-state index in [1.807, 2.05) is 85.1 Å². The van der Waals surface area contributed by atoms with Gasteiger partial charge in [0.2, 0.25) is 10.0 Å². The maximum Gasteiger partial charge on any atom is 0.355 e. The van der Waals surface area contributed by atoms with Gasteiger partial charge in [0.05, 0.1) is 37.2 Å². The number of aryl methyl sites for hydroxylation is 2. The molecule has 1 aliphatic heterocycles. The van der Waals surface area contributed by atoms with Gasteiger partial charge in [-0.1, -0.05) is 42.5 Å². The summed E-state index contributed by atoms with van der Waals surface area (Å²) in [6.07, 6.45) is 0. The van der Waals surface area contributed by atoms with Crippen molar-refractivity contribution in [2.45, 2.75) is 38.7 Å². The highest BCUT2D eigenvalue weighted by atomic mass is 32.2. The summed E-state index contributed by atoms with van der Waals surface area (Å²) >= 11 is 0. The normalized spacial score (nSPS) is 15.4. The average Bonchev–Trinajstić information content (AvgIpc) is 3.39. The van der Waals surface area contributed by atoms with E-state index in [-0.39, 0.29) is 31.5 Å². The fourth-order valence-corrected chi connectivity index (χ4v) is 7.20. The number of rotatable bonds is 10. The van der Waals surface area contributed by atoms with Gasteiger partial charge in [-0.15, -0.1) is 0 Å². The van der Waals surface area contributed by atoms with E-state index < -0.39 is 16.0 Å². The lowest BCUT2D eigenvalue weighted by Crippen LogP contribution is -2.44. The van der Waals surface area contributed by atoms with Crippen LogP contribution in [-0.2, 0) is 38.3 Å². The number of esters is 1. The molecule has 6 rings (SSSR count). The maximum atomic E-state index is 13.5. The fourth-order valence-electron chi connectivity index (χ4n) is 5.82. The van der Waals surface area contributed by atoms with E-state index in [9.17, 15) is 13.2 Å². The number of morpholine rings is 1. The van der Waals surface area contributed by atoms with Gasteiger partial charge in [0.25, 0.3) is 0 Å². The van der Waals surface area contributed by atoms with E-state index in [0.29, 0.717) is 42.5 Å². The summed E-state index contributed by atoms with van der Waals surface area (Å²) in [5.41, 5.74) is 11.4. The van der Waals surface area contributed by atoms with Gasteiger partial charge in [0, 0.05) is 24.2 Å². The third kappa shape index (κ3) is 6.86. The predicted molar refractivity (Wildman–Crippen MR) is 176 cm³/mol. The number of carbonyl (C=O) groups excluding carboxylic acids is 1. The van der Waals surface area contributed by atoms with Gasteiger partial charge < -0.3 is 25.1 Å². The molecular formula is C34H37N5O5S. The van der Waals surface area contributed by atoms with Gasteiger partial charge in [-0.3, -0.25) is 4.72 Å². The van der Waals surface area contributed by atoms with Gasteiger partial charge in [0.15, 0.2) is 0 Å². The number of anilines is 1. The van der Waals surface area contributed by atoms with Gasteiger partial charge in [-0.25, -0.2) is 18.2 Å². The van der Waals surface area contributed by atoms with Crippen LogP contribution in [0.4, 0.5) is 5.69 Å². The molecule has 3 aromatic carbocycles. The Hall–Kier alpha value is -4.29. The lowest BCUT2D eigenvalue weighted by atomic mass is 10.0. The molecule has 0 bridgehead atoms. The number of carbonyl (C=O) groups is 1. The van der Waals surface area contributed by atoms with E-state index in [2.05, 4.69) is 10.0 Å². The third-order valence-electron chi connectivity index (χ3n) is 8.16. The highest BCUT2D eigenvalue weighted by Crippen LogP contribution is 2.29. The topological polar surface area (TPSA) is 138 Å². The van der Waals surface area contributed by atoms with Crippen molar-refractivity contribution in [2.75, 3.05) is 31.1 Å². The molecule has 1 aliphatic rings. The fraction of sp³-hybridized carbons (Fsp3) is 0.294. The van der Waals surface area contributed by atoms with Crippen molar-refractivity contribution in [3.63, 3.8) is 0 Å². The summed E-state index contributed by atoms with van der Waals surface area (Å²) in [6, 6.07) is 22.6. The second-order valence-corrected chi connectivity index (χ2v) is 13.2. The lowest BCUT2D eigenvalue weighted by Gasteiger charge is -2.23. The first kappa shape index (κ1) is 30.7. The number of hydrogen-bond donors (Lipinski definition) is 3. The molecule has 0 spiro atoms. The molecule has 5 aromatic rings. The van der Waals surface area contributed by atoms with Crippen molar-refractivity contribution >= 4 is 43.5 Å². The predicted octanol–water partition coefficient (Wildman–Crippen LogP) is 4.40. The smallest absolute Gasteiger partial charge is 0.355 e. The quantitative estimate of drug-likeness (QED) is 0.194. The number of aromatic nitrogens is 2. The van der Waals surface area contributed by atoms with Crippen LogP contribution in [0.15, 0.2) is 72.8 Å². The largest absolute Gasteiger partial charge is 0.459 e. The zero-order valence-corrected chi connectivity index (χ0v) is 26.2. The Kier molecular flexibility index (Phi) is 8.86. The summed E-state index contributed by atoms with van der Waals surface area (Å²) in [6.45, 7) is 6.29. The third-order valence-corrected chi connectivity index (χ3v) is 9.38. The molecule has 3 heterocycles. The van der Waals surface area contributed by atoms with Crippen molar-refractivity contribution in [3.05, 3.63) is 106 Å². The molecule has 234 valence electrons. The first-order valence-corrected chi connectivity index (χ1v) is 16.6. The maximum absolute atomic E-state index is 13.5. The Morgan fingerprint density at radius 2 is 1.87 bits per heavy atom. The molecule has 2 aromatic heterocycles. The van der Waals surface area contributed by atoms with Crippen LogP contribution in [0.3, 0.4) is 0 Å². The second kappa shape index (κ2) is 13.0. The van der Waals surface area contributed by atoms with Gasteiger partial charge in [0.1, 0.15) is 17.9 Å². The summed E-state index contributed by atoms with van der Waals surface area (Å²) in [7, 11) is -3.74. The van der Waals surface area contributed by atoms with Gasteiger partial charge in [-0.2, -0.15) is 0 Å². The van der Waals surface area contributed by atoms with Crippen LogP contribution >= 0.6 is 0 Å². The van der Waals surface area contributed by atoms with Crippen LogP contribution in [0.5, 0.6) is 0 Å². The first-order chi connectivity index (χ1) is 21.7.